The maximum absolute atomic E-state index is 12.6. The molecule has 0 saturated heterocycles. The zero-order chi connectivity index (χ0) is 23.3. The SMILES string of the molecule is CCCCCn1c(O)c(N=NC(=O)C(C)Oc2ccc(Cl)cc2C)c2cc(OC)ccc21. The predicted octanol–water partition coefficient (Wildman–Crippen LogP) is 6.59. The minimum absolute atomic E-state index is 0.0250. The molecule has 170 valence electrons. The number of amides is 1. The van der Waals surface area contributed by atoms with Gasteiger partial charge in [0.25, 0.3) is 0 Å². The number of azo groups is 1. The van der Waals surface area contributed by atoms with Crippen molar-refractivity contribution in [3.8, 4) is 17.4 Å². The monoisotopic (exact) mass is 457 g/mol. The fourth-order valence-corrected chi connectivity index (χ4v) is 3.67. The number of fused-ring (bicyclic) bond motifs is 1. The van der Waals surface area contributed by atoms with Gasteiger partial charge in [-0.3, -0.25) is 4.79 Å². The number of ether oxygens (including phenoxy) is 2. The minimum atomic E-state index is -0.854. The Kier molecular flexibility index (Phi) is 7.75. The summed E-state index contributed by atoms with van der Waals surface area (Å²) in [6, 6.07) is 10.6. The van der Waals surface area contributed by atoms with E-state index < -0.39 is 12.0 Å². The molecule has 7 nitrogen and oxygen atoms in total. The van der Waals surface area contributed by atoms with Crippen LogP contribution in [-0.2, 0) is 11.3 Å². The number of methoxy groups -OCH3 is 1. The van der Waals surface area contributed by atoms with E-state index in [0.29, 0.717) is 28.5 Å². The predicted molar refractivity (Wildman–Crippen MR) is 125 cm³/mol. The normalized spacial score (nSPS) is 12.4. The highest BCUT2D eigenvalue weighted by atomic mass is 35.5. The van der Waals surface area contributed by atoms with Gasteiger partial charge in [-0.05, 0) is 62.2 Å². The van der Waals surface area contributed by atoms with Crippen LogP contribution >= 0.6 is 11.6 Å². The van der Waals surface area contributed by atoms with E-state index in [4.69, 9.17) is 21.1 Å². The number of unbranched alkanes of at least 4 members (excludes halogenated alkanes) is 2. The van der Waals surface area contributed by atoms with E-state index in [1.165, 1.54) is 0 Å². The Morgan fingerprint density at radius 1 is 1.22 bits per heavy atom. The summed E-state index contributed by atoms with van der Waals surface area (Å²) in [5.41, 5.74) is 1.86. The van der Waals surface area contributed by atoms with E-state index in [2.05, 4.69) is 17.2 Å². The van der Waals surface area contributed by atoms with Gasteiger partial charge in [0.15, 0.2) is 11.8 Å². The lowest BCUT2D eigenvalue weighted by Crippen LogP contribution is -2.21. The van der Waals surface area contributed by atoms with Gasteiger partial charge in [-0.1, -0.05) is 31.4 Å². The summed E-state index contributed by atoms with van der Waals surface area (Å²) in [6.07, 6.45) is 2.18. The molecule has 0 saturated carbocycles. The first kappa shape index (κ1) is 23.6. The van der Waals surface area contributed by atoms with E-state index in [0.717, 1.165) is 30.3 Å². The fourth-order valence-electron chi connectivity index (χ4n) is 3.44. The van der Waals surface area contributed by atoms with Gasteiger partial charge in [0.2, 0.25) is 5.88 Å². The van der Waals surface area contributed by atoms with Crippen molar-refractivity contribution in [3.63, 3.8) is 0 Å². The molecule has 3 rings (SSSR count). The van der Waals surface area contributed by atoms with Crippen LogP contribution in [0.5, 0.6) is 17.4 Å². The van der Waals surface area contributed by atoms with E-state index in [1.54, 1.807) is 42.9 Å². The van der Waals surface area contributed by atoms with Crippen molar-refractivity contribution in [1.82, 2.24) is 4.57 Å². The quantitative estimate of drug-likeness (QED) is 0.290. The van der Waals surface area contributed by atoms with Gasteiger partial charge in [-0.15, -0.1) is 10.2 Å². The lowest BCUT2D eigenvalue weighted by atomic mass is 10.2. The molecule has 32 heavy (non-hydrogen) atoms. The molecule has 0 aliphatic rings. The first-order chi connectivity index (χ1) is 15.3. The highest BCUT2D eigenvalue weighted by molar-refractivity contribution is 6.30. The molecule has 8 heteroatoms. The Bertz CT molecular complexity index is 1140. The number of halogens is 1. The first-order valence-corrected chi connectivity index (χ1v) is 11.0. The number of aryl methyl sites for hydroxylation is 2. The molecular formula is C24H28ClN3O4. The number of carbonyl (C=O) groups excluding carboxylic acids is 1. The highest BCUT2D eigenvalue weighted by Gasteiger charge is 2.20. The van der Waals surface area contributed by atoms with Crippen molar-refractivity contribution in [1.29, 1.82) is 0 Å². The highest BCUT2D eigenvalue weighted by Crippen LogP contribution is 2.40. The van der Waals surface area contributed by atoms with Crippen LogP contribution in [0.4, 0.5) is 5.69 Å². The molecular weight excluding hydrogens is 430 g/mol. The summed E-state index contributed by atoms with van der Waals surface area (Å²) in [5.74, 6) is 0.586. The second-order valence-electron chi connectivity index (χ2n) is 7.62. The van der Waals surface area contributed by atoms with Gasteiger partial charge < -0.3 is 19.1 Å². The van der Waals surface area contributed by atoms with Crippen LogP contribution < -0.4 is 9.47 Å². The lowest BCUT2D eigenvalue weighted by molar-refractivity contribution is -0.124. The van der Waals surface area contributed by atoms with Gasteiger partial charge in [-0.25, -0.2) is 0 Å². The Morgan fingerprint density at radius 3 is 2.69 bits per heavy atom. The summed E-state index contributed by atoms with van der Waals surface area (Å²) in [4.78, 5) is 12.6. The smallest absolute Gasteiger partial charge is 0.304 e. The average molecular weight is 458 g/mol. The maximum Gasteiger partial charge on any atom is 0.304 e. The largest absolute Gasteiger partial charge is 0.497 e. The Balaban J connectivity index is 1.87. The number of aromatic hydroxyl groups is 1. The number of aromatic nitrogens is 1. The number of rotatable bonds is 9. The Labute approximate surface area is 192 Å². The molecule has 1 atom stereocenters. The van der Waals surface area contributed by atoms with Crippen molar-refractivity contribution in [2.45, 2.75) is 52.7 Å². The van der Waals surface area contributed by atoms with Crippen molar-refractivity contribution in [2.75, 3.05) is 7.11 Å². The van der Waals surface area contributed by atoms with Crippen molar-refractivity contribution >= 4 is 34.1 Å². The van der Waals surface area contributed by atoms with E-state index in [9.17, 15) is 9.90 Å². The van der Waals surface area contributed by atoms with Gasteiger partial charge in [0, 0.05) is 17.0 Å². The maximum atomic E-state index is 12.6. The molecule has 1 aromatic heterocycles. The summed E-state index contributed by atoms with van der Waals surface area (Å²) in [7, 11) is 1.57. The fraction of sp³-hybridized carbons (Fsp3) is 0.375. The number of benzene rings is 2. The van der Waals surface area contributed by atoms with E-state index in [-0.39, 0.29) is 11.6 Å². The van der Waals surface area contributed by atoms with Crippen molar-refractivity contribution < 1.29 is 19.4 Å². The molecule has 1 unspecified atom stereocenters. The van der Waals surface area contributed by atoms with E-state index in [1.807, 2.05) is 19.1 Å². The van der Waals surface area contributed by atoms with Crippen LogP contribution in [0.1, 0.15) is 38.7 Å². The third kappa shape index (κ3) is 5.22. The van der Waals surface area contributed by atoms with Gasteiger partial charge in [-0.2, -0.15) is 0 Å². The number of hydrogen-bond acceptors (Lipinski definition) is 5. The molecule has 1 amide bonds. The van der Waals surface area contributed by atoms with Crippen LogP contribution in [0.2, 0.25) is 5.02 Å². The second-order valence-corrected chi connectivity index (χ2v) is 8.06. The average Bonchev–Trinajstić information content (AvgIpc) is 3.04. The second kappa shape index (κ2) is 10.5. The zero-order valence-electron chi connectivity index (χ0n) is 18.8. The third-order valence-corrected chi connectivity index (χ3v) is 5.47. The molecule has 2 aromatic carbocycles. The Hall–Kier alpha value is -3.06. The molecule has 0 spiro atoms. The molecule has 0 aliphatic carbocycles. The lowest BCUT2D eigenvalue weighted by Gasteiger charge is -2.13. The summed E-state index contributed by atoms with van der Waals surface area (Å²) in [5, 5.41) is 20.0. The summed E-state index contributed by atoms with van der Waals surface area (Å²) < 4.78 is 12.8. The number of carbonyl (C=O) groups is 1. The van der Waals surface area contributed by atoms with Crippen molar-refractivity contribution in [2.24, 2.45) is 10.2 Å². The molecule has 0 bridgehead atoms. The number of nitrogens with zero attached hydrogens (tertiary/aromatic N) is 3. The summed E-state index contributed by atoms with van der Waals surface area (Å²) in [6.45, 7) is 6.21. The number of hydrogen-bond donors (Lipinski definition) is 1. The van der Waals surface area contributed by atoms with Crippen LogP contribution in [0.25, 0.3) is 10.9 Å². The van der Waals surface area contributed by atoms with Gasteiger partial charge in [0.1, 0.15) is 11.5 Å². The topological polar surface area (TPSA) is 85.4 Å². The van der Waals surface area contributed by atoms with Crippen molar-refractivity contribution in [3.05, 3.63) is 47.0 Å². The Morgan fingerprint density at radius 2 is 2.00 bits per heavy atom. The molecule has 0 aliphatic heterocycles. The third-order valence-electron chi connectivity index (χ3n) is 5.24. The standard InChI is InChI=1S/C24H28ClN3O4/c1-5-6-7-12-28-20-10-9-18(31-4)14-19(20)22(24(28)30)26-27-23(29)16(3)32-21-11-8-17(25)13-15(21)2/h8-11,13-14,16,30H,5-7,12H2,1-4H3. The van der Waals surface area contributed by atoms with Gasteiger partial charge >= 0.3 is 5.91 Å². The minimum Gasteiger partial charge on any atom is -0.497 e. The molecule has 1 heterocycles. The first-order valence-electron chi connectivity index (χ1n) is 10.6. The molecule has 1 N–H and O–H groups in total. The van der Waals surface area contributed by atoms with Crippen LogP contribution in [0, 0.1) is 6.92 Å². The van der Waals surface area contributed by atoms with Gasteiger partial charge in [0.05, 0.1) is 12.6 Å². The van der Waals surface area contributed by atoms with Crippen LogP contribution in [0.15, 0.2) is 46.6 Å². The molecule has 0 radical (unpaired) electrons. The van der Waals surface area contributed by atoms with E-state index >= 15 is 0 Å². The zero-order valence-corrected chi connectivity index (χ0v) is 19.5. The van der Waals surface area contributed by atoms with Crippen LogP contribution in [-0.4, -0.2) is 28.8 Å². The van der Waals surface area contributed by atoms with Crippen LogP contribution in [0.3, 0.4) is 0 Å². The molecule has 3 aromatic rings. The molecule has 0 fully saturated rings. The summed E-state index contributed by atoms with van der Waals surface area (Å²) >= 11 is 5.97.